The molecule has 1 unspecified atom stereocenters. The molecule has 5 N–H and O–H groups in total. The number of rotatable bonds is 5. The summed E-state index contributed by atoms with van der Waals surface area (Å²) < 4.78 is 24.1. The summed E-state index contributed by atoms with van der Waals surface area (Å²) in [4.78, 5) is 3.86. The maximum atomic E-state index is 12.0. The standard InChI is InChI=1S/C19H23N3O3S/c1-19(10-26(2,24)25,18(21)22-11-23)16-8-7-14-13-6-4-3-5-12(13)9-15(14)17(16)20/h3-8,23H,9-11,20H2,1-2H3,(H2,21,22). The zero-order valence-corrected chi connectivity index (χ0v) is 15.7. The average molecular weight is 373 g/mol. The Morgan fingerprint density at radius 1 is 1.23 bits per heavy atom. The third-order valence-electron chi connectivity index (χ3n) is 4.98. The predicted molar refractivity (Wildman–Crippen MR) is 105 cm³/mol. The van der Waals surface area contributed by atoms with Crippen LogP contribution in [0.1, 0.15) is 23.6 Å². The van der Waals surface area contributed by atoms with E-state index in [1.807, 2.05) is 24.3 Å². The van der Waals surface area contributed by atoms with Crippen LogP contribution in [0.4, 0.5) is 5.69 Å². The number of hydrogen-bond acceptors (Lipinski definition) is 5. The Bertz CT molecular complexity index is 999. The monoisotopic (exact) mass is 373 g/mol. The molecule has 7 heteroatoms. The molecule has 0 saturated carbocycles. The van der Waals surface area contributed by atoms with Gasteiger partial charge < -0.3 is 16.6 Å². The first-order valence-corrected chi connectivity index (χ1v) is 10.3. The zero-order chi connectivity index (χ0) is 19.1. The Labute approximate surface area is 153 Å². The van der Waals surface area contributed by atoms with Crippen LogP contribution in [0.3, 0.4) is 0 Å². The lowest BCUT2D eigenvalue weighted by Gasteiger charge is -2.31. The van der Waals surface area contributed by atoms with Crippen molar-refractivity contribution in [1.29, 1.82) is 0 Å². The topological polar surface area (TPSA) is 119 Å². The molecule has 0 amide bonds. The molecule has 0 bridgehead atoms. The molecule has 0 aromatic heterocycles. The van der Waals surface area contributed by atoms with E-state index in [-0.39, 0.29) is 11.6 Å². The van der Waals surface area contributed by atoms with E-state index in [0.29, 0.717) is 17.7 Å². The van der Waals surface area contributed by atoms with Crippen molar-refractivity contribution in [3.05, 3.63) is 53.1 Å². The van der Waals surface area contributed by atoms with Crippen molar-refractivity contribution in [1.82, 2.24) is 0 Å². The van der Waals surface area contributed by atoms with Crippen LogP contribution >= 0.6 is 0 Å². The molecular formula is C19H23N3O3S. The number of hydrogen-bond donors (Lipinski definition) is 3. The molecule has 138 valence electrons. The molecule has 0 saturated heterocycles. The van der Waals surface area contributed by atoms with Crippen LogP contribution in [0.25, 0.3) is 11.1 Å². The van der Waals surface area contributed by atoms with Crippen molar-refractivity contribution in [2.24, 2.45) is 10.7 Å². The fourth-order valence-corrected chi connectivity index (χ4v) is 5.13. The van der Waals surface area contributed by atoms with Crippen molar-refractivity contribution in [3.63, 3.8) is 0 Å². The summed E-state index contributed by atoms with van der Waals surface area (Å²) >= 11 is 0. The molecule has 26 heavy (non-hydrogen) atoms. The number of benzene rings is 2. The first-order chi connectivity index (χ1) is 12.2. The predicted octanol–water partition coefficient (Wildman–Crippen LogP) is 1.45. The van der Waals surface area contributed by atoms with Crippen molar-refractivity contribution < 1.29 is 13.5 Å². The lowest BCUT2D eigenvalue weighted by molar-refractivity contribution is 0.308. The van der Waals surface area contributed by atoms with Crippen LogP contribution < -0.4 is 11.5 Å². The largest absolute Gasteiger partial charge is 0.398 e. The normalized spacial score (nSPS) is 16.0. The Kier molecular flexibility index (Phi) is 4.54. The van der Waals surface area contributed by atoms with E-state index in [1.54, 1.807) is 6.92 Å². The summed E-state index contributed by atoms with van der Waals surface area (Å²) in [7, 11) is -3.38. The second-order valence-electron chi connectivity index (χ2n) is 6.97. The molecule has 0 spiro atoms. The van der Waals surface area contributed by atoms with Gasteiger partial charge in [0.2, 0.25) is 0 Å². The van der Waals surface area contributed by atoms with Gasteiger partial charge in [-0.3, -0.25) is 0 Å². The third kappa shape index (κ3) is 3.08. The molecule has 0 heterocycles. The van der Waals surface area contributed by atoms with E-state index in [1.165, 1.54) is 5.56 Å². The molecule has 6 nitrogen and oxygen atoms in total. The highest BCUT2D eigenvalue weighted by molar-refractivity contribution is 7.90. The van der Waals surface area contributed by atoms with Gasteiger partial charge in [0.05, 0.1) is 11.2 Å². The van der Waals surface area contributed by atoms with Gasteiger partial charge in [-0.2, -0.15) is 0 Å². The van der Waals surface area contributed by atoms with E-state index < -0.39 is 22.0 Å². The number of amidine groups is 1. The molecule has 2 aromatic rings. The number of nitrogens with two attached hydrogens (primary N) is 2. The van der Waals surface area contributed by atoms with Gasteiger partial charge in [-0.15, -0.1) is 0 Å². The lowest BCUT2D eigenvalue weighted by atomic mass is 9.80. The van der Waals surface area contributed by atoms with Crippen molar-refractivity contribution >= 4 is 21.4 Å². The van der Waals surface area contributed by atoms with Gasteiger partial charge in [-0.25, -0.2) is 13.4 Å². The molecule has 0 aliphatic heterocycles. The minimum atomic E-state index is -3.38. The van der Waals surface area contributed by atoms with Crippen LogP contribution in [0.15, 0.2) is 41.4 Å². The van der Waals surface area contributed by atoms with E-state index >= 15 is 0 Å². The molecule has 0 radical (unpaired) electrons. The van der Waals surface area contributed by atoms with Crippen LogP contribution in [-0.2, 0) is 21.7 Å². The number of aliphatic hydroxyl groups is 1. The Morgan fingerprint density at radius 2 is 1.92 bits per heavy atom. The van der Waals surface area contributed by atoms with Crippen LogP contribution in [0.5, 0.6) is 0 Å². The molecule has 1 aliphatic carbocycles. The highest BCUT2D eigenvalue weighted by Gasteiger charge is 2.38. The molecule has 3 rings (SSSR count). The van der Waals surface area contributed by atoms with Gasteiger partial charge in [-0.05, 0) is 34.7 Å². The SMILES string of the molecule is CC(CS(C)(=O)=O)(C(N)=NCO)c1ccc2c(c1N)Cc1ccccc1-2. The maximum Gasteiger partial charge on any atom is 0.148 e. The van der Waals surface area contributed by atoms with E-state index in [0.717, 1.165) is 22.9 Å². The minimum absolute atomic E-state index is 0.0487. The minimum Gasteiger partial charge on any atom is -0.398 e. The summed E-state index contributed by atoms with van der Waals surface area (Å²) in [5.74, 6) is -0.196. The number of sulfone groups is 1. The smallest absolute Gasteiger partial charge is 0.148 e. The lowest BCUT2D eigenvalue weighted by Crippen LogP contribution is -2.45. The Balaban J connectivity index is 2.19. The van der Waals surface area contributed by atoms with Gasteiger partial charge in [0, 0.05) is 18.4 Å². The summed E-state index contributed by atoms with van der Waals surface area (Å²) in [6, 6.07) is 11.9. The number of fused-ring (bicyclic) bond motifs is 3. The highest BCUT2D eigenvalue weighted by Crippen LogP contribution is 2.43. The van der Waals surface area contributed by atoms with E-state index in [2.05, 4.69) is 17.1 Å². The first-order valence-electron chi connectivity index (χ1n) is 8.26. The van der Waals surface area contributed by atoms with E-state index in [9.17, 15) is 8.42 Å². The Morgan fingerprint density at radius 3 is 2.58 bits per heavy atom. The number of anilines is 1. The fourth-order valence-electron chi connectivity index (χ4n) is 3.78. The summed E-state index contributed by atoms with van der Waals surface area (Å²) in [5.41, 5.74) is 16.9. The fraction of sp³-hybridized carbons (Fsp3) is 0.316. The quantitative estimate of drug-likeness (QED) is 0.355. The first kappa shape index (κ1) is 18.4. The molecule has 1 atom stereocenters. The second kappa shape index (κ2) is 6.41. The van der Waals surface area contributed by atoms with Crippen molar-refractivity contribution in [3.8, 4) is 11.1 Å². The Hall–Kier alpha value is -2.38. The van der Waals surface area contributed by atoms with Gasteiger partial charge in [0.1, 0.15) is 22.4 Å². The van der Waals surface area contributed by atoms with Gasteiger partial charge in [-0.1, -0.05) is 36.4 Å². The van der Waals surface area contributed by atoms with Crippen molar-refractivity contribution in [2.75, 3.05) is 24.5 Å². The highest BCUT2D eigenvalue weighted by atomic mass is 32.2. The zero-order valence-electron chi connectivity index (χ0n) is 14.9. The average Bonchev–Trinajstić information content (AvgIpc) is 2.93. The van der Waals surface area contributed by atoms with Gasteiger partial charge in [0.15, 0.2) is 0 Å². The van der Waals surface area contributed by atoms with Gasteiger partial charge >= 0.3 is 0 Å². The van der Waals surface area contributed by atoms with Crippen molar-refractivity contribution in [2.45, 2.75) is 18.8 Å². The third-order valence-corrected chi connectivity index (χ3v) is 6.09. The van der Waals surface area contributed by atoms with Gasteiger partial charge in [0.25, 0.3) is 0 Å². The van der Waals surface area contributed by atoms with Crippen LogP contribution in [0, 0.1) is 0 Å². The van der Waals surface area contributed by atoms with E-state index in [4.69, 9.17) is 16.6 Å². The van der Waals surface area contributed by atoms with Crippen LogP contribution in [0.2, 0.25) is 0 Å². The number of aliphatic hydroxyl groups excluding tert-OH is 1. The summed E-state index contributed by atoms with van der Waals surface area (Å²) in [6.45, 7) is 1.18. The van der Waals surface area contributed by atoms with Crippen LogP contribution in [-0.4, -0.2) is 38.1 Å². The summed E-state index contributed by atoms with van der Waals surface area (Å²) in [5, 5.41) is 9.14. The summed E-state index contributed by atoms with van der Waals surface area (Å²) in [6.07, 6.45) is 1.84. The molecular weight excluding hydrogens is 350 g/mol. The molecule has 2 aromatic carbocycles. The number of nitrogen functional groups attached to an aromatic ring is 1. The number of nitrogens with zero attached hydrogens (tertiary/aromatic N) is 1. The number of aliphatic imine (C=N–C) groups is 1. The maximum absolute atomic E-state index is 12.0. The molecule has 0 fully saturated rings. The molecule has 1 aliphatic rings. The second-order valence-corrected chi connectivity index (χ2v) is 9.11.